The van der Waals surface area contributed by atoms with Gasteiger partial charge in [-0.25, -0.2) is 9.37 Å². The first kappa shape index (κ1) is 11.0. The highest BCUT2D eigenvalue weighted by molar-refractivity contribution is 5.65. The van der Waals surface area contributed by atoms with Gasteiger partial charge < -0.3 is 4.40 Å². The molecule has 3 aromatic rings. The Balaban J connectivity index is 2.21. The quantitative estimate of drug-likeness (QED) is 0.667. The highest BCUT2D eigenvalue weighted by Crippen LogP contribution is 2.23. The van der Waals surface area contributed by atoms with Crippen LogP contribution in [0.4, 0.5) is 4.39 Å². The lowest BCUT2D eigenvalue weighted by Crippen LogP contribution is -1.92. The summed E-state index contributed by atoms with van der Waals surface area (Å²) in [6.07, 6.45) is 4.71. The SMILES string of the molecule is CCc1cnc2ccc(-c3ccccc3F)cn12. The number of hydrogen-bond donors (Lipinski definition) is 0. The minimum atomic E-state index is -0.199. The largest absolute Gasteiger partial charge is 0.303 e. The molecule has 0 saturated carbocycles. The monoisotopic (exact) mass is 240 g/mol. The van der Waals surface area contributed by atoms with E-state index in [4.69, 9.17) is 0 Å². The second kappa shape index (κ2) is 4.26. The van der Waals surface area contributed by atoms with Gasteiger partial charge >= 0.3 is 0 Å². The number of nitrogens with zero attached hydrogens (tertiary/aromatic N) is 2. The molecule has 0 saturated heterocycles. The number of imidazole rings is 1. The predicted molar refractivity (Wildman–Crippen MR) is 70.0 cm³/mol. The topological polar surface area (TPSA) is 17.3 Å². The maximum atomic E-state index is 13.8. The molecule has 0 atom stereocenters. The summed E-state index contributed by atoms with van der Waals surface area (Å²) in [6, 6.07) is 10.6. The van der Waals surface area contributed by atoms with Crippen molar-refractivity contribution in [2.45, 2.75) is 13.3 Å². The van der Waals surface area contributed by atoms with Crippen molar-refractivity contribution in [1.29, 1.82) is 0 Å². The van der Waals surface area contributed by atoms with Crippen LogP contribution in [0.3, 0.4) is 0 Å². The molecule has 0 bridgehead atoms. The third kappa shape index (κ3) is 1.68. The molecule has 3 rings (SSSR count). The Labute approximate surface area is 105 Å². The summed E-state index contributed by atoms with van der Waals surface area (Å²) < 4.78 is 15.8. The lowest BCUT2D eigenvalue weighted by molar-refractivity contribution is 0.631. The Bertz CT molecular complexity index is 701. The fraction of sp³-hybridized carbons (Fsp3) is 0.133. The third-order valence-electron chi connectivity index (χ3n) is 3.13. The number of rotatable bonds is 2. The van der Waals surface area contributed by atoms with E-state index in [1.807, 2.05) is 35.0 Å². The van der Waals surface area contributed by atoms with Crippen molar-refractivity contribution < 1.29 is 4.39 Å². The molecule has 0 N–H and O–H groups in total. The lowest BCUT2D eigenvalue weighted by Gasteiger charge is -2.05. The minimum Gasteiger partial charge on any atom is -0.303 e. The number of pyridine rings is 1. The second-order valence-electron chi connectivity index (χ2n) is 4.23. The van der Waals surface area contributed by atoms with Gasteiger partial charge in [0.05, 0.1) is 0 Å². The van der Waals surface area contributed by atoms with Crippen LogP contribution < -0.4 is 0 Å². The Morgan fingerprint density at radius 1 is 1.17 bits per heavy atom. The molecule has 2 aromatic heterocycles. The zero-order chi connectivity index (χ0) is 12.5. The second-order valence-corrected chi connectivity index (χ2v) is 4.23. The van der Waals surface area contributed by atoms with Crippen LogP contribution in [0, 0.1) is 5.82 Å². The van der Waals surface area contributed by atoms with E-state index in [1.54, 1.807) is 12.1 Å². The summed E-state index contributed by atoms with van der Waals surface area (Å²) in [5.74, 6) is -0.199. The molecule has 0 radical (unpaired) electrons. The van der Waals surface area contributed by atoms with Crippen LogP contribution in [0.1, 0.15) is 12.6 Å². The van der Waals surface area contributed by atoms with Crippen molar-refractivity contribution in [3.8, 4) is 11.1 Å². The zero-order valence-corrected chi connectivity index (χ0v) is 10.1. The highest BCUT2D eigenvalue weighted by Gasteiger charge is 2.07. The first-order valence-corrected chi connectivity index (χ1v) is 6.00. The number of benzene rings is 1. The molecule has 2 heterocycles. The van der Waals surface area contributed by atoms with Gasteiger partial charge in [0.1, 0.15) is 11.5 Å². The van der Waals surface area contributed by atoms with Crippen molar-refractivity contribution >= 4 is 5.65 Å². The zero-order valence-electron chi connectivity index (χ0n) is 10.1. The summed E-state index contributed by atoms with van der Waals surface area (Å²) in [5.41, 5.74) is 3.51. The van der Waals surface area contributed by atoms with Crippen LogP contribution >= 0.6 is 0 Å². The van der Waals surface area contributed by atoms with Crippen LogP contribution in [0.2, 0.25) is 0 Å². The first-order chi connectivity index (χ1) is 8.79. The van der Waals surface area contributed by atoms with Crippen LogP contribution in [0.25, 0.3) is 16.8 Å². The van der Waals surface area contributed by atoms with E-state index in [9.17, 15) is 4.39 Å². The van der Waals surface area contributed by atoms with Gasteiger partial charge in [-0.3, -0.25) is 0 Å². The summed E-state index contributed by atoms with van der Waals surface area (Å²) >= 11 is 0. The Hall–Kier alpha value is -2.16. The van der Waals surface area contributed by atoms with Crippen LogP contribution in [-0.2, 0) is 6.42 Å². The van der Waals surface area contributed by atoms with Gasteiger partial charge in [0.2, 0.25) is 0 Å². The molecular formula is C15H13FN2. The molecule has 0 aliphatic heterocycles. The van der Waals surface area contributed by atoms with Crippen LogP contribution in [-0.4, -0.2) is 9.38 Å². The Kier molecular flexibility index (Phi) is 2.59. The summed E-state index contributed by atoms with van der Waals surface area (Å²) in [7, 11) is 0. The van der Waals surface area contributed by atoms with Gasteiger partial charge in [0.25, 0.3) is 0 Å². The number of halogens is 1. The van der Waals surface area contributed by atoms with Crippen molar-refractivity contribution in [2.75, 3.05) is 0 Å². The lowest BCUT2D eigenvalue weighted by atomic mass is 10.1. The smallest absolute Gasteiger partial charge is 0.136 e. The summed E-state index contributed by atoms with van der Waals surface area (Å²) in [6.45, 7) is 2.08. The number of aryl methyl sites for hydroxylation is 1. The van der Waals surface area contributed by atoms with Crippen molar-refractivity contribution in [3.63, 3.8) is 0 Å². The fourth-order valence-corrected chi connectivity index (χ4v) is 2.15. The number of fused-ring (bicyclic) bond motifs is 1. The molecule has 2 nitrogen and oxygen atoms in total. The third-order valence-corrected chi connectivity index (χ3v) is 3.13. The molecule has 0 amide bonds. The molecule has 0 unspecified atom stereocenters. The molecule has 0 spiro atoms. The van der Waals surface area contributed by atoms with Gasteiger partial charge in [-0.05, 0) is 24.6 Å². The molecule has 0 aliphatic carbocycles. The fourth-order valence-electron chi connectivity index (χ4n) is 2.15. The molecule has 3 heteroatoms. The van der Waals surface area contributed by atoms with Gasteiger partial charge in [0.15, 0.2) is 0 Å². The first-order valence-electron chi connectivity index (χ1n) is 6.00. The van der Waals surface area contributed by atoms with Gasteiger partial charge in [-0.1, -0.05) is 25.1 Å². The Morgan fingerprint density at radius 2 is 2.00 bits per heavy atom. The van der Waals surface area contributed by atoms with E-state index in [1.165, 1.54) is 6.07 Å². The molecule has 18 heavy (non-hydrogen) atoms. The van der Waals surface area contributed by atoms with Gasteiger partial charge in [0, 0.05) is 29.2 Å². The van der Waals surface area contributed by atoms with E-state index < -0.39 is 0 Å². The summed E-state index contributed by atoms with van der Waals surface area (Å²) in [5, 5.41) is 0. The predicted octanol–water partition coefficient (Wildman–Crippen LogP) is 3.70. The van der Waals surface area contributed by atoms with Crippen LogP contribution in [0.5, 0.6) is 0 Å². The molecule has 0 fully saturated rings. The molecule has 90 valence electrons. The minimum absolute atomic E-state index is 0.199. The molecular weight excluding hydrogens is 227 g/mol. The highest BCUT2D eigenvalue weighted by atomic mass is 19.1. The maximum absolute atomic E-state index is 13.8. The van der Waals surface area contributed by atoms with Crippen LogP contribution in [0.15, 0.2) is 48.8 Å². The standard InChI is InChI=1S/C15H13FN2/c1-2-12-9-17-15-8-7-11(10-18(12)15)13-5-3-4-6-14(13)16/h3-10H,2H2,1H3. The average molecular weight is 240 g/mol. The van der Waals surface area contributed by atoms with Gasteiger partial charge in [-0.2, -0.15) is 0 Å². The van der Waals surface area contributed by atoms with E-state index in [0.29, 0.717) is 5.56 Å². The van der Waals surface area contributed by atoms with E-state index in [-0.39, 0.29) is 5.82 Å². The molecule has 0 aliphatic rings. The van der Waals surface area contributed by atoms with Crippen molar-refractivity contribution in [3.05, 3.63) is 60.3 Å². The average Bonchev–Trinajstić information content (AvgIpc) is 2.81. The van der Waals surface area contributed by atoms with E-state index >= 15 is 0 Å². The number of aromatic nitrogens is 2. The van der Waals surface area contributed by atoms with Crippen molar-refractivity contribution in [2.24, 2.45) is 0 Å². The number of hydrogen-bond acceptors (Lipinski definition) is 1. The van der Waals surface area contributed by atoms with E-state index in [2.05, 4.69) is 11.9 Å². The van der Waals surface area contributed by atoms with Crippen molar-refractivity contribution in [1.82, 2.24) is 9.38 Å². The molecule has 1 aromatic carbocycles. The van der Waals surface area contributed by atoms with E-state index in [0.717, 1.165) is 23.3 Å². The maximum Gasteiger partial charge on any atom is 0.136 e. The summed E-state index contributed by atoms with van der Waals surface area (Å²) in [4.78, 5) is 4.32. The normalized spacial score (nSPS) is 11.0. The Morgan fingerprint density at radius 3 is 2.78 bits per heavy atom. The van der Waals surface area contributed by atoms with Gasteiger partial charge in [-0.15, -0.1) is 0 Å².